The summed E-state index contributed by atoms with van der Waals surface area (Å²) in [4.78, 5) is 24.1. The summed E-state index contributed by atoms with van der Waals surface area (Å²) in [7, 11) is 1.56. The molecule has 0 saturated carbocycles. The number of hydrazine groups is 1. The number of hydrogen-bond acceptors (Lipinski definition) is 5. The summed E-state index contributed by atoms with van der Waals surface area (Å²) >= 11 is 7.08. The number of benzene rings is 2. The zero-order chi connectivity index (χ0) is 20.7. The number of carbonyl (C=O) groups is 2. The fraction of sp³-hybridized carbons (Fsp3) is 0.211. The Balaban J connectivity index is 1.80. The van der Waals surface area contributed by atoms with Gasteiger partial charge in [-0.3, -0.25) is 25.8 Å². The Labute approximate surface area is 182 Å². The largest absolute Gasteiger partial charge is 0.496 e. The van der Waals surface area contributed by atoms with Crippen molar-refractivity contribution < 1.29 is 19.1 Å². The molecular weight excluding hydrogens is 493 g/mol. The van der Waals surface area contributed by atoms with Gasteiger partial charge in [0, 0.05) is 5.56 Å². The van der Waals surface area contributed by atoms with Crippen LogP contribution < -0.4 is 25.6 Å². The number of amides is 2. The number of nitrogens with one attached hydrogen (secondary N) is 3. The third-order valence-corrected chi connectivity index (χ3v) is 4.71. The van der Waals surface area contributed by atoms with Gasteiger partial charge in [0.25, 0.3) is 11.8 Å². The zero-order valence-corrected chi connectivity index (χ0v) is 18.6. The Morgan fingerprint density at radius 1 is 1.07 bits per heavy atom. The van der Waals surface area contributed by atoms with E-state index in [9.17, 15) is 9.59 Å². The van der Waals surface area contributed by atoms with E-state index in [0.29, 0.717) is 17.1 Å². The van der Waals surface area contributed by atoms with Crippen molar-refractivity contribution >= 4 is 51.7 Å². The molecule has 0 fully saturated rings. The molecule has 0 aromatic heterocycles. The van der Waals surface area contributed by atoms with E-state index >= 15 is 0 Å². The monoisotopic (exact) mass is 513 g/mol. The van der Waals surface area contributed by atoms with Crippen LogP contribution in [0.1, 0.15) is 21.5 Å². The SMILES string of the molecule is COc1ccc(C(=O)NNC(=S)NC(=O)COc2cc(C)ccc2C)cc1I. The number of carbonyl (C=O) groups excluding carboxylic acids is 2. The van der Waals surface area contributed by atoms with Gasteiger partial charge in [-0.1, -0.05) is 12.1 Å². The number of thiocarbonyl (C=S) groups is 1. The van der Waals surface area contributed by atoms with E-state index in [2.05, 4.69) is 38.8 Å². The van der Waals surface area contributed by atoms with Crippen LogP contribution in [-0.2, 0) is 4.79 Å². The number of rotatable bonds is 5. The first kappa shape index (κ1) is 21.9. The average molecular weight is 513 g/mol. The Morgan fingerprint density at radius 3 is 2.50 bits per heavy atom. The van der Waals surface area contributed by atoms with Crippen LogP contribution in [0, 0.1) is 17.4 Å². The zero-order valence-electron chi connectivity index (χ0n) is 15.6. The van der Waals surface area contributed by atoms with Crippen molar-refractivity contribution in [3.8, 4) is 11.5 Å². The van der Waals surface area contributed by atoms with Gasteiger partial charge in [-0.15, -0.1) is 0 Å². The molecule has 2 aromatic rings. The van der Waals surface area contributed by atoms with E-state index in [1.807, 2.05) is 32.0 Å². The molecule has 0 atom stereocenters. The molecule has 0 saturated heterocycles. The second-order valence-corrected chi connectivity index (χ2v) is 7.43. The van der Waals surface area contributed by atoms with Crippen molar-refractivity contribution in [1.29, 1.82) is 0 Å². The molecule has 0 unspecified atom stereocenters. The highest BCUT2D eigenvalue weighted by atomic mass is 127. The van der Waals surface area contributed by atoms with Crippen molar-refractivity contribution in [2.45, 2.75) is 13.8 Å². The Morgan fingerprint density at radius 2 is 1.82 bits per heavy atom. The lowest BCUT2D eigenvalue weighted by Crippen LogP contribution is -2.49. The summed E-state index contributed by atoms with van der Waals surface area (Å²) in [6.07, 6.45) is 0. The van der Waals surface area contributed by atoms with Gasteiger partial charge in [-0.05, 0) is 84.0 Å². The van der Waals surface area contributed by atoms with Gasteiger partial charge < -0.3 is 9.47 Å². The molecule has 3 N–H and O–H groups in total. The average Bonchev–Trinajstić information content (AvgIpc) is 2.66. The molecule has 0 spiro atoms. The van der Waals surface area contributed by atoms with Crippen LogP contribution >= 0.6 is 34.8 Å². The molecule has 2 amide bonds. The number of methoxy groups -OCH3 is 1. The summed E-state index contributed by atoms with van der Waals surface area (Å²) in [5, 5.41) is 2.40. The predicted octanol–water partition coefficient (Wildman–Crippen LogP) is 2.63. The predicted molar refractivity (Wildman–Crippen MR) is 118 cm³/mol. The second-order valence-electron chi connectivity index (χ2n) is 5.86. The van der Waals surface area contributed by atoms with Crippen molar-refractivity contribution in [2.24, 2.45) is 0 Å². The third kappa shape index (κ3) is 6.34. The minimum absolute atomic E-state index is 0.0360. The molecule has 148 valence electrons. The lowest BCUT2D eigenvalue weighted by Gasteiger charge is -2.13. The molecule has 0 aliphatic carbocycles. The molecule has 28 heavy (non-hydrogen) atoms. The molecule has 0 aliphatic heterocycles. The Hall–Kier alpha value is -2.40. The van der Waals surface area contributed by atoms with Gasteiger partial charge in [0.1, 0.15) is 11.5 Å². The lowest BCUT2D eigenvalue weighted by molar-refractivity contribution is -0.121. The van der Waals surface area contributed by atoms with E-state index in [1.165, 1.54) is 0 Å². The van der Waals surface area contributed by atoms with Gasteiger partial charge in [0.15, 0.2) is 11.7 Å². The van der Waals surface area contributed by atoms with E-state index < -0.39 is 11.8 Å². The maximum atomic E-state index is 12.2. The maximum Gasteiger partial charge on any atom is 0.269 e. The van der Waals surface area contributed by atoms with Gasteiger partial charge in [-0.25, -0.2) is 0 Å². The van der Waals surface area contributed by atoms with Crippen LogP contribution in [-0.4, -0.2) is 30.6 Å². The fourth-order valence-electron chi connectivity index (χ4n) is 2.19. The number of aryl methyl sites for hydroxylation is 2. The van der Waals surface area contributed by atoms with Gasteiger partial charge in [0.05, 0.1) is 10.7 Å². The quantitative estimate of drug-likeness (QED) is 0.324. The normalized spacial score (nSPS) is 10.0. The highest BCUT2D eigenvalue weighted by Gasteiger charge is 2.11. The number of hydrogen-bond donors (Lipinski definition) is 3. The number of halogens is 1. The summed E-state index contributed by atoms with van der Waals surface area (Å²) in [5.41, 5.74) is 7.31. The Bertz CT molecular complexity index is 905. The summed E-state index contributed by atoms with van der Waals surface area (Å²) < 4.78 is 11.5. The molecule has 9 heteroatoms. The van der Waals surface area contributed by atoms with Crippen molar-refractivity contribution in [1.82, 2.24) is 16.2 Å². The van der Waals surface area contributed by atoms with Crippen molar-refractivity contribution in [2.75, 3.05) is 13.7 Å². The van der Waals surface area contributed by atoms with E-state index in [4.69, 9.17) is 21.7 Å². The minimum atomic E-state index is -0.438. The first-order valence-corrected chi connectivity index (χ1v) is 9.72. The van der Waals surface area contributed by atoms with Crippen LogP contribution in [0.4, 0.5) is 0 Å². The molecule has 0 radical (unpaired) electrons. The molecule has 7 nitrogen and oxygen atoms in total. The molecule has 0 heterocycles. The van der Waals surface area contributed by atoms with Gasteiger partial charge in [-0.2, -0.15) is 0 Å². The van der Waals surface area contributed by atoms with Crippen LogP contribution in [0.15, 0.2) is 36.4 Å². The molecular formula is C19H20IN3O4S. The molecule has 2 aromatic carbocycles. The van der Waals surface area contributed by atoms with Crippen LogP contribution in [0.2, 0.25) is 0 Å². The van der Waals surface area contributed by atoms with Crippen molar-refractivity contribution in [3.05, 3.63) is 56.7 Å². The van der Waals surface area contributed by atoms with E-state index in [-0.39, 0.29) is 11.7 Å². The summed E-state index contributed by atoms with van der Waals surface area (Å²) in [6.45, 7) is 3.64. The first-order valence-electron chi connectivity index (χ1n) is 8.24. The lowest BCUT2D eigenvalue weighted by atomic mass is 10.1. The van der Waals surface area contributed by atoms with Crippen LogP contribution in [0.25, 0.3) is 0 Å². The molecule has 0 aliphatic rings. The van der Waals surface area contributed by atoms with E-state index in [0.717, 1.165) is 14.7 Å². The first-order chi connectivity index (χ1) is 13.3. The van der Waals surface area contributed by atoms with Crippen LogP contribution in [0.5, 0.6) is 11.5 Å². The van der Waals surface area contributed by atoms with E-state index in [1.54, 1.807) is 25.3 Å². The maximum absolute atomic E-state index is 12.2. The topological polar surface area (TPSA) is 88.7 Å². The standard InChI is InChI=1S/C19H20IN3O4S/c1-11-4-5-12(2)16(8-11)27-10-17(24)21-19(28)23-22-18(25)13-6-7-15(26-3)14(20)9-13/h4-9H,10H2,1-3H3,(H,22,25)(H2,21,23,24,28). The highest BCUT2D eigenvalue weighted by Crippen LogP contribution is 2.21. The minimum Gasteiger partial charge on any atom is -0.496 e. The fourth-order valence-corrected chi connectivity index (χ4v) is 3.09. The van der Waals surface area contributed by atoms with Gasteiger partial charge >= 0.3 is 0 Å². The smallest absolute Gasteiger partial charge is 0.269 e. The van der Waals surface area contributed by atoms with Crippen LogP contribution in [0.3, 0.4) is 0 Å². The van der Waals surface area contributed by atoms with Crippen molar-refractivity contribution in [3.63, 3.8) is 0 Å². The second kappa shape index (κ2) is 10.2. The Kier molecular flexibility index (Phi) is 8.00. The number of ether oxygens (including phenoxy) is 2. The molecule has 2 rings (SSSR count). The van der Waals surface area contributed by atoms with Gasteiger partial charge in [0.2, 0.25) is 0 Å². The molecule has 0 bridgehead atoms. The highest BCUT2D eigenvalue weighted by molar-refractivity contribution is 14.1. The summed E-state index contributed by atoms with van der Waals surface area (Å²) in [5.74, 6) is 0.476. The summed E-state index contributed by atoms with van der Waals surface area (Å²) in [6, 6.07) is 10.7. The third-order valence-electron chi connectivity index (χ3n) is 3.66.